The van der Waals surface area contributed by atoms with Crippen molar-refractivity contribution in [2.75, 3.05) is 18.4 Å². The number of aromatic nitrogens is 1. The number of anilines is 1. The predicted octanol–water partition coefficient (Wildman–Crippen LogP) is 2.35. The summed E-state index contributed by atoms with van der Waals surface area (Å²) in [5.41, 5.74) is 0.802. The number of benzene rings is 1. The van der Waals surface area contributed by atoms with Crippen LogP contribution in [0.1, 0.15) is 24.0 Å². The van der Waals surface area contributed by atoms with Gasteiger partial charge in [0.25, 0.3) is 0 Å². The third kappa shape index (κ3) is 3.20. The summed E-state index contributed by atoms with van der Waals surface area (Å²) in [7, 11) is 0. The number of carbonyl (C=O) groups is 1. The van der Waals surface area contributed by atoms with Crippen molar-refractivity contribution in [2.24, 2.45) is 0 Å². The Morgan fingerprint density at radius 3 is 2.67 bits per heavy atom. The minimum Gasteiger partial charge on any atom is -0.367 e. The molecule has 1 aliphatic carbocycles. The number of halogens is 1. The van der Waals surface area contributed by atoms with Crippen LogP contribution in [0.15, 0.2) is 42.6 Å². The zero-order valence-electron chi connectivity index (χ0n) is 13.1. The van der Waals surface area contributed by atoms with Gasteiger partial charge in [-0.3, -0.25) is 4.79 Å². The zero-order chi connectivity index (χ0) is 17.0. The molecule has 1 amide bonds. The highest BCUT2D eigenvalue weighted by Gasteiger charge is 2.50. The molecule has 122 valence electrons. The third-order valence-corrected chi connectivity index (χ3v) is 4.21. The Labute approximate surface area is 139 Å². The van der Waals surface area contributed by atoms with Gasteiger partial charge in [0, 0.05) is 19.3 Å². The predicted molar refractivity (Wildman–Crippen MR) is 87.8 cm³/mol. The van der Waals surface area contributed by atoms with E-state index in [0.29, 0.717) is 24.5 Å². The van der Waals surface area contributed by atoms with E-state index in [2.05, 4.69) is 21.7 Å². The van der Waals surface area contributed by atoms with Crippen molar-refractivity contribution in [3.63, 3.8) is 0 Å². The highest BCUT2D eigenvalue weighted by atomic mass is 19.1. The van der Waals surface area contributed by atoms with Gasteiger partial charge in [0.05, 0.1) is 11.0 Å². The van der Waals surface area contributed by atoms with Gasteiger partial charge in [-0.25, -0.2) is 9.37 Å². The van der Waals surface area contributed by atoms with Crippen LogP contribution in [0.25, 0.3) is 0 Å². The van der Waals surface area contributed by atoms with Crippen molar-refractivity contribution in [3.05, 3.63) is 59.5 Å². The van der Waals surface area contributed by atoms with Crippen molar-refractivity contribution in [2.45, 2.75) is 18.3 Å². The molecule has 1 aliphatic rings. The standard InChI is InChI=1S/C18H17FN4O/c19-15-5-3-14(4-6-15)18(7-8-18)17(24)23-11-10-22-16-13(12-20)2-1-9-21-16/h1-6,9H,7-8,10-11H2,(H,21,22)(H,23,24). The van der Waals surface area contributed by atoms with Crippen molar-refractivity contribution in [1.29, 1.82) is 5.26 Å². The van der Waals surface area contributed by atoms with Crippen LogP contribution in [0.5, 0.6) is 0 Å². The van der Waals surface area contributed by atoms with Crippen LogP contribution in [0.4, 0.5) is 10.2 Å². The lowest BCUT2D eigenvalue weighted by atomic mass is 9.95. The maximum Gasteiger partial charge on any atom is 0.230 e. The van der Waals surface area contributed by atoms with Crippen LogP contribution in [-0.4, -0.2) is 24.0 Å². The third-order valence-electron chi connectivity index (χ3n) is 4.21. The maximum absolute atomic E-state index is 13.0. The molecule has 0 radical (unpaired) electrons. The summed E-state index contributed by atoms with van der Waals surface area (Å²) in [4.78, 5) is 16.5. The van der Waals surface area contributed by atoms with Gasteiger partial charge in [-0.05, 0) is 42.7 Å². The van der Waals surface area contributed by atoms with Crippen LogP contribution in [0, 0.1) is 17.1 Å². The van der Waals surface area contributed by atoms with Gasteiger partial charge in [-0.1, -0.05) is 12.1 Å². The molecule has 2 N–H and O–H groups in total. The average Bonchev–Trinajstić information content (AvgIpc) is 3.41. The summed E-state index contributed by atoms with van der Waals surface area (Å²) >= 11 is 0. The monoisotopic (exact) mass is 324 g/mol. The second kappa shape index (κ2) is 6.67. The smallest absolute Gasteiger partial charge is 0.230 e. The molecular weight excluding hydrogens is 307 g/mol. The van der Waals surface area contributed by atoms with Gasteiger partial charge in [0.2, 0.25) is 5.91 Å². The summed E-state index contributed by atoms with van der Waals surface area (Å²) in [5, 5.41) is 14.9. The Balaban J connectivity index is 1.53. The van der Waals surface area contributed by atoms with Crippen molar-refractivity contribution in [3.8, 4) is 6.07 Å². The molecule has 1 fully saturated rings. The lowest BCUT2D eigenvalue weighted by molar-refractivity contribution is -0.123. The van der Waals surface area contributed by atoms with E-state index in [1.165, 1.54) is 12.1 Å². The van der Waals surface area contributed by atoms with Gasteiger partial charge in [0.1, 0.15) is 17.7 Å². The van der Waals surface area contributed by atoms with E-state index in [-0.39, 0.29) is 11.7 Å². The first kappa shape index (κ1) is 15.9. The molecule has 1 heterocycles. The second-order valence-corrected chi connectivity index (χ2v) is 5.78. The summed E-state index contributed by atoms with van der Waals surface area (Å²) in [6, 6.07) is 11.6. The summed E-state index contributed by atoms with van der Waals surface area (Å²) in [6.45, 7) is 0.889. The molecule has 24 heavy (non-hydrogen) atoms. The molecule has 2 aromatic rings. The van der Waals surface area contributed by atoms with Gasteiger partial charge >= 0.3 is 0 Å². The molecule has 0 aliphatic heterocycles. The van der Waals surface area contributed by atoms with E-state index in [0.717, 1.165) is 18.4 Å². The number of carbonyl (C=O) groups excluding carboxylic acids is 1. The molecule has 0 bridgehead atoms. The molecule has 5 nitrogen and oxygen atoms in total. The van der Waals surface area contributed by atoms with Crippen LogP contribution in [0.2, 0.25) is 0 Å². The van der Waals surface area contributed by atoms with Gasteiger partial charge in [-0.15, -0.1) is 0 Å². The number of nitrogens with zero attached hydrogens (tertiary/aromatic N) is 2. The molecule has 6 heteroatoms. The molecule has 1 aromatic carbocycles. The number of nitriles is 1. The Hall–Kier alpha value is -2.94. The first-order valence-electron chi connectivity index (χ1n) is 7.79. The molecule has 3 rings (SSSR count). The fourth-order valence-electron chi connectivity index (χ4n) is 2.70. The molecule has 0 saturated heterocycles. The number of pyridine rings is 1. The first-order valence-corrected chi connectivity index (χ1v) is 7.79. The number of nitrogens with one attached hydrogen (secondary N) is 2. The Bertz CT molecular complexity index is 778. The number of rotatable bonds is 6. The van der Waals surface area contributed by atoms with E-state index in [9.17, 15) is 9.18 Å². The van der Waals surface area contributed by atoms with E-state index in [1.54, 1.807) is 30.5 Å². The minimum absolute atomic E-state index is 0.0440. The molecule has 1 saturated carbocycles. The van der Waals surface area contributed by atoms with Crippen LogP contribution < -0.4 is 10.6 Å². The van der Waals surface area contributed by atoms with Gasteiger partial charge in [0.15, 0.2) is 0 Å². The first-order chi connectivity index (χ1) is 11.7. The average molecular weight is 324 g/mol. The fraction of sp³-hybridized carbons (Fsp3) is 0.278. The van der Waals surface area contributed by atoms with Crippen LogP contribution in [-0.2, 0) is 10.2 Å². The summed E-state index contributed by atoms with van der Waals surface area (Å²) in [5.74, 6) is 0.161. The SMILES string of the molecule is N#Cc1cccnc1NCCNC(=O)C1(c2ccc(F)cc2)CC1. The maximum atomic E-state index is 13.0. The van der Waals surface area contributed by atoms with E-state index in [4.69, 9.17) is 5.26 Å². The van der Waals surface area contributed by atoms with Crippen molar-refractivity contribution in [1.82, 2.24) is 10.3 Å². The van der Waals surface area contributed by atoms with Crippen molar-refractivity contribution < 1.29 is 9.18 Å². The van der Waals surface area contributed by atoms with Crippen LogP contribution in [0.3, 0.4) is 0 Å². The second-order valence-electron chi connectivity index (χ2n) is 5.78. The number of amides is 1. The molecular formula is C18H17FN4O. The van der Waals surface area contributed by atoms with E-state index in [1.807, 2.05) is 0 Å². The Kier molecular flexibility index (Phi) is 4.43. The fourth-order valence-corrected chi connectivity index (χ4v) is 2.70. The zero-order valence-corrected chi connectivity index (χ0v) is 13.1. The van der Waals surface area contributed by atoms with Gasteiger partial charge in [-0.2, -0.15) is 5.26 Å². The van der Waals surface area contributed by atoms with Gasteiger partial charge < -0.3 is 10.6 Å². The Morgan fingerprint density at radius 2 is 2.00 bits per heavy atom. The molecule has 1 aromatic heterocycles. The highest BCUT2D eigenvalue weighted by Crippen LogP contribution is 2.48. The number of hydrogen-bond acceptors (Lipinski definition) is 4. The summed E-state index contributed by atoms with van der Waals surface area (Å²) in [6.07, 6.45) is 3.16. The van der Waals surface area contributed by atoms with Crippen molar-refractivity contribution >= 4 is 11.7 Å². The lowest BCUT2D eigenvalue weighted by Gasteiger charge is -2.16. The molecule has 0 spiro atoms. The van der Waals surface area contributed by atoms with Crippen LogP contribution >= 0.6 is 0 Å². The molecule has 0 atom stereocenters. The minimum atomic E-state index is -0.517. The summed E-state index contributed by atoms with van der Waals surface area (Å²) < 4.78 is 13.0. The highest BCUT2D eigenvalue weighted by molar-refractivity contribution is 5.91. The van der Waals surface area contributed by atoms with E-state index >= 15 is 0 Å². The Morgan fingerprint density at radius 1 is 1.25 bits per heavy atom. The largest absolute Gasteiger partial charge is 0.367 e. The molecule has 0 unspecified atom stereocenters. The topological polar surface area (TPSA) is 77.8 Å². The van der Waals surface area contributed by atoms with E-state index < -0.39 is 5.41 Å². The number of hydrogen-bond donors (Lipinski definition) is 2. The quantitative estimate of drug-likeness (QED) is 0.800. The normalized spacial score (nSPS) is 14.5. The lowest BCUT2D eigenvalue weighted by Crippen LogP contribution is -2.37.